The molecule has 2 rings (SSSR count). The summed E-state index contributed by atoms with van der Waals surface area (Å²) >= 11 is 0. The van der Waals surface area contributed by atoms with Gasteiger partial charge in [0.05, 0.1) is 0 Å². The average Bonchev–Trinajstić information content (AvgIpc) is 3.21. The Labute approximate surface area is 107 Å². The molecule has 4 N–H and O–H groups in total. The zero-order valence-electron chi connectivity index (χ0n) is 10.6. The molecule has 0 aromatic carbocycles. The molecule has 0 bridgehead atoms. The van der Waals surface area contributed by atoms with E-state index in [1.807, 2.05) is 13.0 Å². The third-order valence-electron chi connectivity index (χ3n) is 3.10. The molecule has 1 fully saturated rings. The maximum Gasteiger partial charge on any atom is 0.269 e. The van der Waals surface area contributed by atoms with E-state index in [2.05, 4.69) is 15.6 Å². The van der Waals surface area contributed by atoms with Crippen molar-refractivity contribution in [3.8, 4) is 0 Å². The first-order valence-corrected chi connectivity index (χ1v) is 6.44. The Morgan fingerprint density at radius 3 is 3.06 bits per heavy atom. The van der Waals surface area contributed by atoms with Gasteiger partial charge in [0.1, 0.15) is 5.69 Å². The Kier molecular flexibility index (Phi) is 4.15. The van der Waals surface area contributed by atoms with Crippen LogP contribution in [0.2, 0.25) is 0 Å². The summed E-state index contributed by atoms with van der Waals surface area (Å²) in [5.41, 5.74) is 7.34. The highest BCUT2D eigenvalue weighted by molar-refractivity contribution is 5.93. The summed E-state index contributed by atoms with van der Waals surface area (Å²) in [6.07, 6.45) is 4.11. The van der Waals surface area contributed by atoms with Crippen molar-refractivity contribution >= 4 is 11.6 Å². The molecule has 5 heteroatoms. The third-order valence-corrected chi connectivity index (χ3v) is 3.10. The quantitative estimate of drug-likeness (QED) is 0.701. The topological polar surface area (TPSA) is 80.0 Å². The Balaban J connectivity index is 1.91. The van der Waals surface area contributed by atoms with Gasteiger partial charge in [0.2, 0.25) is 0 Å². The molecule has 98 valence electrons. The van der Waals surface area contributed by atoms with Crippen molar-refractivity contribution in [2.45, 2.75) is 25.8 Å². The summed E-state index contributed by atoms with van der Waals surface area (Å²) in [5.74, 6) is 0.523. The Bertz CT molecular complexity index is 417. The standard InChI is InChI=1S/C13H20N4O/c1-2-15-13(18)12-7-10(5-6-16-12)17-8-11(14)9-3-4-9/h5-7,9,11H,2-4,8,14H2,1H3,(H,15,18)(H,16,17). The lowest BCUT2D eigenvalue weighted by atomic mass is 10.2. The SMILES string of the molecule is CCNC(=O)c1cc(NCC(N)C2CC2)ccn1. The lowest BCUT2D eigenvalue weighted by Crippen LogP contribution is -2.31. The number of nitrogens with zero attached hydrogens (tertiary/aromatic N) is 1. The van der Waals surface area contributed by atoms with Gasteiger partial charge in [-0.3, -0.25) is 9.78 Å². The maximum atomic E-state index is 11.6. The van der Waals surface area contributed by atoms with Gasteiger partial charge in [-0.1, -0.05) is 0 Å². The van der Waals surface area contributed by atoms with Crippen LogP contribution in [0.3, 0.4) is 0 Å². The van der Waals surface area contributed by atoms with Crippen LogP contribution in [0.15, 0.2) is 18.3 Å². The van der Waals surface area contributed by atoms with E-state index in [1.165, 1.54) is 12.8 Å². The van der Waals surface area contributed by atoms with Crippen molar-refractivity contribution in [2.24, 2.45) is 11.7 Å². The lowest BCUT2D eigenvalue weighted by molar-refractivity contribution is 0.0951. The first-order valence-electron chi connectivity index (χ1n) is 6.44. The Morgan fingerprint density at radius 1 is 1.61 bits per heavy atom. The monoisotopic (exact) mass is 248 g/mol. The minimum atomic E-state index is -0.146. The zero-order chi connectivity index (χ0) is 13.0. The summed E-state index contributed by atoms with van der Waals surface area (Å²) in [5, 5.41) is 5.99. The van der Waals surface area contributed by atoms with Crippen molar-refractivity contribution in [3.63, 3.8) is 0 Å². The molecule has 1 heterocycles. The molecule has 1 amide bonds. The van der Waals surface area contributed by atoms with Crippen LogP contribution in [0.5, 0.6) is 0 Å². The Hall–Kier alpha value is -1.62. The van der Waals surface area contributed by atoms with Gasteiger partial charge in [-0.05, 0) is 37.8 Å². The van der Waals surface area contributed by atoms with Gasteiger partial charge in [-0.15, -0.1) is 0 Å². The number of carbonyl (C=O) groups excluding carboxylic acids is 1. The molecule has 0 aliphatic heterocycles. The summed E-state index contributed by atoms with van der Waals surface area (Å²) in [6.45, 7) is 3.23. The molecule has 0 spiro atoms. The second-order valence-corrected chi connectivity index (χ2v) is 4.67. The van der Waals surface area contributed by atoms with Crippen LogP contribution in [0.4, 0.5) is 5.69 Å². The third kappa shape index (κ3) is 3.43. The molecule has 1 unspecified atom stereocenters. The number of hydrogen-bond acceptors (Lipinski definition) is 4. The number of nitrogens with one attached hydrogen (secondary N) is 2. The van der Waals surface area contributed by atoms with Crippen molar-refractivity contribution in [1.29, 1.82) is 0 Å². The van der Waals surface area contributed by atoms with E-state index >= 15 is 0 Å². The number of anilines is 1. The molecule has 0 saturated heterocycles. The molecule has 0 radical (unpaired) electrons. The number of nitrogens with two attached hydrogens (primary N) is 1. The fraction of sp³-hybridized carbons (Fsp3) is 0.538. The Morgan fingerprint density at radius 2 is 2.39 bits per heavy atom. The smallest absolute Gasteiger partial charge is 0.269 e. The molecule has 1 aliphatic rings. The first-order chi connectivity index (χ1) is 8.70. The van der Waals surface area contributed by atoms with E-state index < -0.39 is 0 Å². The number of hydrogen-bond donors (Lipinski definition) is 3. The van der Waals surface area contributed by atoms with Gasteiger partial charge in [0.15, 0.2) is 0 Å². The predicted octanol–water partition coefficient (Wildman–Crippen LogP) is 0.980. The highest BCUT2D eigenvalue weighted by atomic mass is 16.1. The largest absolute Gasteiger partial charge is 0.383 e. The number of rotatable bonds is 6. The fourth-order valence-corrected chi connectivity index (χ4v) is 1.84. The van der Waals surface area contributed by atoms with Gasteiger partial charge in [0, 0.05) is 31.0 Å². The van der Waals surface area contributed by atoms with Crippen LogP contribution < -0.4 is 16.4 Å². The highest BCUT2D eigenvalue weighted by Gasteiger charge is 2.27. The average molecular weight is 248 g/mol. The van der Waals surface area contributed by atoms with Crippen molar-refractivity contribution in [1.82, 2.24) is 10.3 Å². The van der Waals surface area contributed by atoms with Gasteiger partial charge in [0.25, 0.3) is 5.91 Å². The van der Waals surface area contributed by atoms with Gasteiger partial charge in [-0.25, -0.2) is 0 Å². The van der Waals surface area contributed by atoms with E-state index in [9.17, 15) is 4.79 Å². The summed E-state index contributed by atoms with van der Waals surface area (Å²) in [6, 6.07) is 3.80. The normalized spacial score (nSPS) is 16.1. The van der Waals surface area contributed by atoms with Crippen LogP contribution in [-0.4, -0.2) is 30.0 Å². The number of carbonyl (C=O) groups is 1. The molecule has 1 aliphatic carbocycles. The molecule has 1 aromatic heterocycles. The van der Waals surface area contributed by atoms with E-state index in [0.717, 1.165) is 12.2 Å². The van der Waals surface area contributed by atoms with Crippen LogP contribution >= 0.6 is 0 Å². The summed E-state index contributed by atoms with van der Waals surface area (Å²) in [4.78, 5) is 15.7. The lowest BCUT2D eigenvalue weighted by Gasteiger charge is -2.13. The number of amides is 1. The molecular formula is C13H20N4O. The van der Waals surface area contributed by atoms with Gasteiger partial charge < -0.3 is 16.4 Å². The molecule has 5 nitrogen and oxygen atoms in total. The minimum absolute atomic E-state index is 0.146. The second-order valence-electron chi connectivity index (χ2n) is 4.67. The number of aromatic nitrogens is 1. The molecule has 18 heavy (non-hydrogen) atoms. The zero-order valence-corrected chi connectivity index (χ0v) is 10.6. The summed E-state index contributed by atoms with van der Waals surface area (Å²) < 4.78 is 0. The van der Waals surface area contributed by atoms with Crippen LogP contribution in [0.1, 0.15) is 30.3 Å². The van der Waals surface area contributed by atoms with Crippen LogP contribution in [0, 0.1) is 5.92 Å². The maximum absolute atomic E-state index is 11.6. The molecule has 1 aromatic rings. The molecule has 1 saturated carbocycles. The first kappa shape index (κ1) is 12.8. The van der Waals surface area contributed by atoms with E-state index in [-0.39, 0.29) is 11.9 Å². The summed E-state index contributed by atoms with van der Waals surface area (Å²) in [7, 11) is 0. The van der Waals surface area contributed by atoms with Gasteiger partial charge >= 0.3 is 0 Å². The van der Waals surface area contributed by atoms with E-state index in [0.29, 0.717) is 18.2 Å². The van der Waals surface area contributed by atoms with Gasteiger partial charge in [-0.2, -0.15) is 0 Å². The fourth-order valence-electron chi connectivity index (χ4n) is 1.84. The van der Waals surface area contributed by atoms with E-state index in [1.54, 1.807) is 12.3 Å². The number of pyridine rings is 1. The van der Waals surface area contributed by atoms with Crippen molar-refractivity contribution < 1.29 is 4.79 Å². The van der Waals surface area contributed by atoms with Crippen LogP contribution in [-0.2, 0) is 0 Å². The molecule has 1 atom stereocenters. The van der Waals surface area contributed by atoms with E-state index in [4.69, 9.17) is 5.73 Å². The van der Waals surface area contributed by atoms with Crippen molar-refractivity contribution in [3.05, 3.63) is 24.0 Å². The predicted molar refractivity (Wildman–Crippen MR) is 71.4 cm³/mol. The minimum Gasteiger partial charge on any atom is -0.383 e. The highest BCUT2D eigenvalue weighted by Crippen LogP contribution is 2.31. The van der Waals surface area contributed by atoms with Crippen LogP contribution in [0.25, 0.3) is 0 Å². The molecular weight excluding hydrogens is 228 g/mol. The van der Waals surface area contributed by atoms with Crippen molar-refractivity contribution in [2.75, 3.05) is 18.4 Å². The second kappa shape index (κ2) is 5.82.